The molecule has 0 spiro atoms. The van der Waals surface area contributed by atoms with Gasteiger partial charge < -0.3 is 10.0 Å². The Bertz CT molecular complexity index is 1250. The number of piperazine rings is 1. The molecular formula is C22H30F3N3O5S3. The number of hydrogen-bond acceptors (Lipinski definition) is 7. The molecule has 3 rings (SSSR count). The van der Waals surface area contributed by atoms with E-state index >= 15 is 0 Å². The number of sulfonamides is 2. The highest BCUT2D eigenvalue weighted by Gasteiger charge is 2.52. The van der Waals surface area contributed by atoms with Crippen LogP contribution in [0.15, 0.2) is 39.9 Å². The predicted molar refractivity (Wildman–Crippen MR) is 133 cm³/mol. The number of aliphatic hydroxyl groups is 1. The molecule has 14 heteroatoms. The molecule has 0 radical (unpaired) electrons. The number of rotatable bonds is 9. The van der Waals surface area contributed by atoms with Gasteiger partial charge in [0, 0.05) is 38.4 Å². The van der Waals surface area contributed by atoms with E-state index in [4.69, 9.17) is 0 Å². The van der Waals surface area contributed by atoms with Gasteiger partial charge in [-0.3, -0.25) is 0 Å². The smallest absolute Gasteiger partial charge is 0.376 e. The van der Waals surface area contributed by atoms with Gasteiger partial charge in [0.15, 0.2) is 5.60 Å². The third kappa shape index (κ3) is 6.40. The molecule has 2 N–H and O–H groups in total. The average Bonchev–Trinajstić information content (AvgIpc) is 3.32. The first-order valence-corrected chi connectivity index (χ1v) is 15.2. The molecule has 1 aliphatic rings. The molecule has 8 nitrogen and oxygen atoms in total. The molecule has 1 unspecified atom stereocenters. The fourth-order valence-corrected chi connectivity index (χ4v) is 7.90. The van der Waals surface area contributed by atoms with Gasteiger partial charge in [0.05, 0.1) is 5.75 Å². The highest BCUT2D eigenvalue weighted by Crippen LogP contribution is 2.41. The normalized spacial score (nSPS) is 17.9. The zero-order valence-corrected chi connectivity index (χ0v) is 22.6. The lowest BCUT2D eigenvalue weighted by Gasteiger charge is -2.36. The fourth-order valence-electron chi connectivity index (χ4n) is 3.96. The number of alkyl halides is 3. The van der Waals surface area contributed by atoms with E-state index in [0.29, 0.717) is 12.6 Å². The molecule has 0 amide bonds. The molecule has 2 heterocycles. The van der Waals surface area contributed by atoms with Gasteiger partial charge in [0.25, 0.3) is 10.0 Å². The molecule has 36 heavy (non-hydrogen) atoms. The monoisotopic (exact) mass is 569 g/mol. The standard InChI is InChI=1S/C22H30F3N3O5S3/c1-16(2)15-35(30,31)26-14-17-13-18(6-7-19(17)21(3,29)22(23,24)25)27-8-10-28(11-9-27)36(32,33)20-5-4-12-34-20/h4-7,12-13,16,26,29H,8-11,14-15H2,1-3H3. The molecule has 0 aliphatic carbocycles. The summed E-state index contributed by atoms with van der Waals surface area (Å²) in [6.07, 6.45) is -4.98. The quantitative estimate of drug-likeness (QED) is 0.481. The number of benzene rings is 1. The first-order chi connectivity index (χ1) is 16.5. The maximum Gasteiger partial charge on any atom is 0.421 e. The van der Waals surface area contributed by atoms with Gasteiger partial charge in [-0.05, 0) is 47.5 Å². The lowest BCUT2D eigenvalue weighted by Crippen LogP contribution is -2.48. The Labute approximate surface area is 213 Å². The second kappa shape index (κ2) is 10.6. The first kappa shape index (κ1) is 28.9. The third-order valence-electron chi connectivity index (χ3n) is 5.89. The molecule has 1 saturated heterocycles. The molecule has 1 aliphatic heterocycles. The van der Waals surface area contributed by atoms with E-state index < -0.39 is 43.9 Å². The van der Waals surface area contributed by atoms with E-state index in [1.54, 1.807) is 25.3 Å². The van der Waals surface area contributed by atoms with Crippen LogP contribution in [0.25, 0.3) is 0 Å². The maximum atomic E-state index is 13.6. The van der Waals surface area contributed by atoms with Crippen molar-refractivity contribution in [3.05, 3.63) is 46.8 Å². The molecule has 0 saturated carbocycles. The summed E-state index contributed by atoms with van der Waals surface area (Å²) >= 11 is 1.12. The molecule has 1 fully saturated rings. The molecule has 0 bridgehead atoms. The van der Waals surface area contributed by atoms with Gasteiger partial charge in [-0.1, -0.05) is 26.0 Å². The van der Waals surface area contributed by atoms with Crippen LogP contribution >= 0.6 is 11.3 Å². The van der Waals surface area contributed by atoms with Crippen LogP contribution in [0.3, 0.4) is 0 Å². The SMILES string of the molecule is CC(C)CS(=O)(=O)NCc1cc(N2CCN(S(=O)(=O)c3cccs3)CC2)ccc1C(C)(O)C(F)(F)F. The second-order valence-electron chi connectivity index (χ2n) is 9.23. The average molecular weight is 570 g/mol. The molecule has 202 valence electrons. The van der Waals surface area contributed by atoms with Crippen molar-refractivity contribution in [1.82, 2.24) is 9.03 Å². The summed E-state index contributed by atoms with van der Waals surface area (Å²) in [5, 5.41) is 12.0. The summed E-state index contributed by atoms with van der Waals surface area (Å²) in [7, 11) is -7.38. The molecule has 1 aromatic carbocycles. The lowest BCUT2D eigenvalue weighted by molar-refractivity contribution is -0.259. The van der Waals surface area contributed by atoms with Crippen LogP contribution in [0.4, 0.5) is 18.9 Å². The van der Waals surface area contributed by atoms with E-state index in [9.17, 15) is 35.1 Å². The van der Waals surface area contributed by atoms with Crippen LogP contribution in [0.1, 0.15) is 31.9 Å². The summed E-state index contributed by atoms with van der Waals surface area (Å²) in [4.78, 5) is 1.82. The Balaban J connectivity index is 1.86. The number of nitrogens with one attached hydrogen (secondary N) is 1. The van der Waals surface area contributed by atoms with E-state index in [0.717, 1.165) is 17.4 Å². The van der Waals surface area contributed by atoms with Crippen LogP contribution in [0.5, 0.6) is 0 Å². The number of halogens is 3. The van der Waals surface area contributed by atoms with Crippen LogP contribution in [0, 0.1) is 5.92 Å². The van der Waals surface area contributed by atoms with Crippen LogP contribution in [-0.4, -0.2) is 64.4 Å². The van der Waals surface area contributed by atoms with Gasteiger partial charge in [0.2, 0.25) is 10.0 Å². The van der Waals surface area contributed by atoms with Gasteiger partial charge in [-0.2, -0.15) is 17.5 Å². The van der Waals surface area contributed by atoms with E-state index in [1.165, 1.54) is 22.5 Å². The Hall–Kier alpha value is -1.71. The van der Waals surface area contributed by atoms with Crippen LogP contribution in [-0.2, 0) is 32.2 Å². The highest BCUT2D eigenvalue weighted by atomic mass is 32.2. The zero-order chi connectivity index (χ0) is 26.9. The fraction of sp³-hybridized carbons (Fsp3) is 0.545. The first-order valence-electron chi connectivity index (χ1n) is 11.2. The van der Waals surface area contributed by atoms with Gasteiger partial charge in [-0.25, -0.2) is 21.6 Å². The summed E-state index contributed by atoms with van der Waals surface area (Å²) in [5.41, 5.74) is -3.17. The van der Waals surface area contributed by atoms with Crippen LogP contribution < -0.4 is 9.62 Å². The zero-order valence-electron chi connectivity index (χ0n) is 20.1. The van der Waals surface area contributed by atoms with Gasteiger partial charge in [0.1, 0.15) is 4.21 Å². The van der Waals surface area contributed by atoms with Crippen molar-refractivity contribution >= 4 is 37.1 Å². The summed E-state index contributed by atoms with van der Waals surface area (Å²) in [5.74, 6) is -0.383. The Morgan fingerprint density at radius 1 is 1.08 bits per heavy atom. The summed E-state index contributed by atoms with van der Waals surface area (Å²) in [6, 6.07) is 7.16. The van der Waals surface area contributed by atoms with Gasteiger partial charge in [-0.15, -0.1) is 11.3 Å². The molecular weight excluding hydrogens is 539 g/mol. The predicted octanol–water partition coefficient (Wildman–Crippen LogP) is 3.10. The molecule has 1 aromatic heterocycles. The van der Waals surface area contributed by atoms with E-state index in [-0.39, 0.29) is 47.6 Å². The maximum absolute atomic E-state index is 13.6. The number of anilines is 1. The van der Waals surface area contributed by atoms with Crippen molar-refractivity contribution in [2.24, 2.45) is 5.92 Å². The minimum Gasteiger partial charge on any atom is -0.376 e. The van der Waals surface area contributed by atoms with Crippen molar-refractivity contribution in [2.45, 2.75) is 43.3 Å². The van der Waals surface area contributed by atoms with Crippen molar-refractivity contribution < 1.29 is 35.1 Å². The topological polar surface area (TPSA) is 107 Å². The molecule has 2 aromatic rings. The minimum atomic E-state index is -4.98. The third-order valence-corrected chi connectivity index (χ3v) is 10.9. The van der Waals surface area contributed by atoms with Crippen molar-refractivity contribution in [3.8, 4) is 0 Å². The summed E-state index contributed by atoms with van der Waals surface area (Å²) in [6.45, 7) is 4.54. The van der Waals surface area contributed by atoms with E-state index in [2.05, 4.69) is 4.72 Å². The summed E-state index contributed by atoms with van der Waals surface area (Å²) < 4.78 is 94.9. The second-order valence-corrected chi connectivity index (χ2v) is 14.2. The number of thiophene rings is 1. The van der Waals surface area contributed by atoms with Crippen molar-refractivity contribution in [3.63, 3.8) is 0 Å². The van der Waals surface area contributed by atoms with Crippen molar-refractivity contribution in [1.29, 1.82) is 0 Å². The Morgan fingerprint density at radius 3 is 2.25 bits per heavy atom. The van der Waals surface area contributed by atoms with Crippen molar-refractivity contribution in [2.75, 3.05) is 36.8 Å². The Morgan fingerprint density at radius 2 is 1.72 bits per heavy atom. The van der Waals surface area contributed by atoms with Gasteiger partial charge >= 0.3 is 6.18 Å². The molecule has 1 atom stereocenters. The van der Waals surface area contributed by atoms with Crippen LogP contribution in [0.2, 0.25) is 0 Å². The number of hydrogen-bond donors (Lipinski definition) is 2. The highest BCUT2D eigenvalue weighted by molar-refractivity contribution is 7.91. The minimum absolute atomic E-state index is 0.0178. The largest absolute Gasteiger partial charge is 0.421 e. The Kier molecular flexibility index (Phi) is 8.48. The number of nitrogens with zero attached hydrogens (tertiary/aromatic N) is 2. The lowest BCUT2D eigenvalue weighted by atomic mass is 9.90. The van der Waals surface area contributed by atoms with E-state index in [1.807, 2.05) is 4.90 Å².